The van der Waals surface area contributed by atoms with Crippen molar-refractivity contribution in [3.63, 3.8) is 0 Å². The first-order valence-electron chi connectivity index (χ1n) is 7.30. The van der Waals surface area contributed by atoms with Gasteiger partial charge in [-0.15, -0.1) is 10.2 Å². The van der Waals surface area contributed by atoms with Crippen LogP contribution in [0, 0.1) is 0 Å². The fraction of sp³-hybridized carbons (Fsp3) is 0.333. The number of nitrogens with one attached hydrogen (secondary N) is 2. The molecule has 1 aromatic heterocycles. The Morgan fingerprint density at radius 1 is 1.25 bits per heavy atom. The van der Waals surface area contributed by atoms with Crippen molar-refractivity contribution in [1.82, 2.24) is 10.2 Å². The average Bonchev–Trinajstić information content (AvgIpc) is 3.00. The highest BCUT2D eigenvalue weighted by Crippen LogP contribution is 2.26. The molecule has 0 aliphatic carbocycles. The number of carbonyl (C=O) groups excluding carboxylic acids is 2. The van der Waals surface area contributed by atoms with Crippen LogP contribution >= 0.6 is 23.1 Å². The molecule has 1 heterocycles. The van der Waals surface area contributed by atoms with Gasteiger partial charge in [-0.05, 0) is 18.6 Å². The molecule has 0 saturated heterocycles. The van der Waals surface area contributed by atoms with Crippen molar-refractivity contribution in [3.05, 3.63) is 24.3 Å². The summed E-state index contributed by atoms with van der Waals surface area (Å²) < 4.78 is 5.74. The number of thioether (sulfide) groups is 1. The smallest absolute Gasteiger partial charge is 0.234 e. The lowest BCUT2D eigenvalue weighted by atomic mass is 10.3. The molecule has 128 valence electrons. The molecule has 0 radical (unpaired) electrons. The number of rotatable bonds is 8. The number of ether oxygens (including phenoxy) is 1. The molecule has 1 aromatic carbocycles. The highest BCUT2D eigenvalue weighted by molar-refractivity contribution is 8.01. The number of carbonyl (C=O) groups is 2. The van der Waals surface area contributed by atoms with Crippen molar-refractivity contribution < 1.29 is 14.3 Å². The maximum Gasteiger partial charge on any atom is 0.234 e. The van der Waals surface area contributed by atoms with E-state index in [2.05, 4.69) is 20.8 Å². The van der Waals surface area contributed by atoms with Gasteiger partial charge >= 0.3 is 0 Å². The molecule has 2 aromatic rings. The number of anilines is 2. The summed E-state index contributed by atoms with van der Waals surface area (Å²) in [6.45, 7) is 1.93. The van der Waals surface area contributed by atoms with E-state index in [9.17, 15) is 9.59 Å². The topological polar surface area (TPSA) is 93.2 Å². The second-order valence-corrected chi connectivity index (χ2v) is 6.94. The van der Waals surface area contributed by atoms with Gasteiger partial charge in [-0.25, -0.2) is 0 Å². The van der Waals surface area contributed by atoms with E-state index in [-0.39, 0.29) is 17.6 Å². The second-order valence-electron chi connectivity index (χ2n) is 4.74. The van der Waals surface area contributed by atoms with Gasteiger partial charge in [0, 0.05) is 18.2 Å². The number of hydrogen-bond donors (Lipinski definition) is 2. The van der Waals surface area contributed by atoms with Crippen molar-refractivity contribution >= 4 is 45.7 Å². The number of hydrogen-bond acceptors (Lipinski definition) is 7. The molecule has 2 amide bonds. The maximum absolute atomic E-state index is 12.0. The van der Waals surface area contributed by atoms with Gasteiger partial charge in [0.2, 0.25) is 16.9 Å². The fourth-order valence-electron chi connectivity index (χ4n) is 1.75. The minimum atomic E-state index is -0.153. The Balaban J connectivity index is 1.81. The van der Waals surface area contributed by atoms with Crippen LogP contribution in [0.1, 0.15) is 19.8 Å². The van der Waals surface area contributed by atoms with Crippen molar-refractivity contribution in [2.24, 2.45) is 0 Å². The molecule has 0 spiro atoms. The number of amides is 2. The van der Waals surface area contributed by atoms with Gasteiger partial charge in [0.1, 0.15) is 5.75 Å². The summed E-state index contributed by atoms with van der Waals surface area (Å²) in [4.78, 5) is 23.5. The van der Waals surface area contributed by atoms with Gasteiger partial charge in [0.05, 0.1) is 12.9 Å². The molecule has 2 rings (SSSR count). The lowest BCUT2D eigenvalue weighted by molar-refractivity contribution is -0.116. The standard InChI is InChI=1S/C15H18N4O3S2/c1-3-5-12(20)17-14-18-19-15(24-14)23-9-13(21)16-10-6-4-7-11(8-10)22-2/h4,6-8H,3,5,9H2,1-2H3,(H,16,21)(H,17,18,20). The Morgan fingerprint density at radius 3 is 2.83 bits per heavy atom. The Kier molecular flexibility index (Phi) is 7.01. The molecule has 9 heteroatoms. The van der Waals surface area contributed by atoms with Crippen LogP contribution in [0.15, 0.2) is 28.6 Å². The zero-order chi connectivity index (χ0) is 17.4. The van der Waals surface area contributed by atoms with E-state index in [1.807, 2.05) is 6.92 Å². The Hall–Kier alpha value is -2.13. The summed E-state index contributed by atoms with van der Waals surface area (Å²) in [7, 11) is 1.57. The van der Waals surface area contributed by atoms with Crippen molar-refractivity contribution in [2.45, 2.75) is 24.1 Å². The predicted molar refractivity (Wildman–Crippen MR) is 95.8 cm³/mol. The first-order chi connectivity index (χ1) is 11.6. The van der Waals surface area contributed by atoms with E-state index in [1.165, 1.54) is 23.1 Å². The second kappa shape index (κ2) is 9.24. The summed E-state index contributed by atoms with van der Waals surface area (Å²) in [5.41, 5.74) is 0.671. The Morgan fingerprint density at radius 2 is 2.08 bits per heavy atom. The van der Waals surface area contributed by atoms with Gasteiger partial charge in [-0.2, -0.15) is 0 Å². The zero-order valence-corrected chi connectivity index (χ0v) is 15.0. The van der Waals surface area contributed by atoms with Crippen LogP contribution in [0.5, 0.6) is 5.75 Å². The summed E-state index contributed by atoms with van der Waals surface area (Å²) in [5, 5.41) is 13.8. The third kappa shape index (κ3) is 5.82. The highest BCUT2D eigenvalue weighted by Gasteiger charge is 2.10. The number of benzene rings is 1. The average molecular weight is 366 g/mol. The molecule has 0 saturated carbocycles. The molecule has 0 unspecified atom stereocenters. The third-order valence-corrected chi connectivity index (χ3v) is 4.78. The van der Waals surface area contributed by atoms with Crippen LogP contribution in [-0.2, 0) is 9.59 Å². The van der Waals surface area contributed by atoms with E-state index < -0.39 is 0 Å². The van der Waals surface area contributed by atoms with Crippen molar-refractivity contribution in [3.8, 4) is 5.75 Å². The minimum Gasteiger partial charge on any atom is -0.497 e. The molecule has 0 fully saturated rings. The van der Waals surface area contributed by atoms with E-state index in [1.54, 1.807) is 31.4 Å². The third-order valence-electron chi connectivity index (χ3n) is 2.81. The summed E-state index contributed by atoms with van der Waals surface area (Å²) in [6, 6.07) is 7.14. The normalized spacial score (nSPS) is 10.2. The number of aromatic nitrogens is 2. The molecular formula is C15H18N4O3S2. The van der Waals surface area contributed by atoms with Crippen molar-refractivity contribution in [2.75, 3.05) is 23.5 Å². The van der Waals surface area contributed by atoms with Gasteiger partial charge in [-0.1, -0.05) is 36.1 Å². The molecular weight excluding hydrogens is 348 g/mol. The molecule has 24 heavy (non-hydrogen) atoms. The summed E-state index contributed by atoms with van der Waals surface area (Å²) in [5.74, 6) is 0.646. The van der Waals surface area contributed by atoms with E-state index in [0.29, 0.717) is 27.3 Å². The molecule has 0 aliphatic rings. The van der Waals surface area contributed by atoms with Gasteiger partial charge < -0.3 is 15.4 Å². The molecule has 0 bridgehead atoms. The van der Waals surface area contributed by atoms with Gasteiger partial charge in [0.15, 0.2) is 4.34 Å². The lowest BCUT2D eigenvalue weighted by Gasteiger charge is -2.06. The predicted octanol–water partition coefficient (Wildman–Crippen LogP) is 3.02. The molecule has 0 atom stereocenters. The van der Waals surface area contributed by atoms with E-state index >= 15 is 0 Å². The number of methoxy groups -OCH3 is 1. The first-order valence-corrected chi connectivity index (χ1v) is 9.11. The molecule has 2 N–H and O–H groups in total. The number of nitrogens with zero attached hydrogens (tertiary/aromatic N) is 2. The maximum atomic E-state index is 12.0. The zero-order valence-electron chi connectivity index (χ0n) is 13.4. The van der Waals surface area contributed by atoms with Crippen LogP contribution in [0.25, 0.3) is 0 Å². The minimum absolute atomic E-state index is 0.0824. The Bertz CT molecular complexity index is 706. The monoisotopic (exact) mass is 366 g/mol. The summed E-state index contributed by atoms with van der Waals surface area (Å²) >= 11 is 2.52. The molecule has 0 aliphatic heterocycles. The molecule has 7 nitrogen and oxygen atoms in total. The summed E-state index contributed by atoms with van der Waals surface area (Å²) in [6.07, 6.45) is 1.22. The lowest BCUT2D eigenvalue weighted by Crippen LogP contribution is -2.13. The van der Waals surface area contributed by atoms with Crippen LogP contribution in [0.3, 0.4) is 0 Å². The quantitative estimate of drug-likeness (QED) is 0.551. The first kappa shape index (κ1) is 18.2. The van der Waals surface area contributed by atoms with Gasteiger partial charge in [-0.3, -0.25) is 9.59 Å². The fourth-order valence-corrected chi connectivity index (χ4v) is 3.32. The van der Waals surface area contributed by atoms with Crippen LogP contribution in [-0.4, -0.2) is 34.9 Å². The van der Waals surface area contributed by atoms with Crippen molar-refractivity contribution in [1.29, 1.82) is 0 Å². The van der Waals surface area contributed by atoms with Crippen LogP contribution in [0.2, 0.25) is 0 Å². The largest absolute Gasteiger partial charge is 0.497 e. The van der Waals surface area contributed by atoms with Crippen LogP contribution < -0.4 is 15.4 Å². The highest BCUT2D eigenvalue weighted by atomic mass is 32.2. The Labute approximate surface area is 148 Å². The van der Waals surface area contributed by atoms with Crippen LogP contribution in [0.4, 0.5) is 10.8 Å². The van der Waals surface area contributed by atoms with E-state index in [4.69, 9.17) is 4.74 Å². The van der Waals surface area contributed by atoms with Gasteiger partial charge in [0.25, 0.3) is 0 Å². The SMILES string of the molecule is CCCC(=O)Nc1nnc(SCC(=O)Nc2cccc(OC)c2)s1. The van der Waals surface area contributed by atoms with E-state index in [0.717, 1.165) is 6.42 Å².